The first-order valence-corrected chi connectivity index (χ1v) is 5.32. The maximum atomic E-state index is 11.4. The Balaban J connectivity index is 2.34. The number of carbonyl (C=O) groups is 1. The minimum absolute atomic E-state index is 0.0120. The molecule has 0 saturated carbocycles. The first kappa shape index (κ1) is 10.9. The van der Waals surface area contributed by atoms with E-state index in [9.17, 15) is 4.79 Å². The summed E-state index contributed by atoms with van der Waals surface area (Å²) < 4.78 is 3.83. The number of anilines is 1. The predicted octanol–water partition coefficient (Wildman–Crippen LogP) is 0.865. The molecule has 5 nitrogen and oxygen atoms in total. The molecule has 1 rings (SSSR count). The fraction of sp³-hybridized carbons (Fsp3) is 0.625. The van der Waals surface area contributed by atoms with Crippen molar-refractivity contribution >= 4 is 22.6 Å². The van der Waals surface area contributed by atoms with Gasteiger partial charge in [0.1, 0.15) is 12.4 Å². The normalized spacial score (nSPS) is 12.1. The van der Waals surface area contributed by atoms with E-state index in [1.165, 1.54) is 17.9 Å². The minimum atomic E-state index is -0.269. The maximum Gasteiger partial charge on any atom is 0.242 e. The Labute approximate surface area is 87.1 Å². The summed E-state index contributed by atoms with van der Waals surface area (Å²) in [7, 11) is 0. The molecule has 2 N–H and O–H groups in total. The van der Waals surface area contributed by atoms with Gasteiger partial charge in [-0.2, -0.15) is 4.37 Å². The summed E-state index contributed by atoms with van der Waals surface area (Å²) in [4.78, 5) is 15.3. The van der Waals surface area contributed by atoms with E-state index in [0.29, 0.717) is 11.7 Å². The summed E-state index contributed by atoms with van der Waals surface area (Å²) in [6.45, 7) is 4.52. The average Bonchev–Trinajstić information content (AvgIpc) is 2.66. The van der Waals surface area contributed by atoms with Gasteiger partial charge in [0.25, 0.3) is 0 Å². The van der Waals surface area contributed by atoms with Crippen LogP contribution in [0.2, 0.25) is 0 Å². The van der Waals surface area contributed by atoms with Crippen molar-refractivity contribution in [3.05, 3.63) is 6.33 Å². The Morgan fingerprint density at radius 3 is 3.07 bits per heavy atom. The molecule has 0 fully saturated rings. The van der Waals surface area contributed by atoms with Crippen LogP contribution in [-0.4, -0.2) is 27.9 Å². The van der Waals surface area contributed by atoms with Gasteiger partial charge in [0.15, 0.2) is 0 Å². The molecule has 0 saturated heterocycles. The Morgan fingerprint density at radius 1 is 1.71 bits per heavy atom. The minimum Gasteiger partial charge on any atom is -0.354 e. The highest BCUT2D eigenvalue weighted by atomic mass is 32.1. The van der Waals surface area contributed by atoms with Gasteiger partial charge in [0, 0.05) is 18.1 Å². The van der Waals surface area contributed by atoms with Gasteiger partial charge in [-0.3, -0.25) is 4.79 Å². The number of nitrogens with one attached hydrogen (secondary N) is 2. The Hall–Kier alpha value is -1.17. The Bertz CT molecular complexity index is 275. The van der Waals surface area contributed by atoms with Crippen LogP contribution in [0.4, 0.5) is 5.13 Å². The fourth-order valence-corrected chi connectivity index (χ4v) is 1.41. The molecule has 1 heterocycles. The summed E-state index contributed by atoms with van der Waals surface area (Å²) in [5.74, 6) is -0.0120. The molecule has 1 amide bonds. The van der Waals surface area contributed by atoms with E-state index in [1.54, 1.807) is 6.92 Å². The van der Waals surface area contributed by atoms with Gasteiger partial charge in [0.05, 0.1) is 0 Å². The molecule has 0 aliphatic carbocycles. The molecular formula is C8H14N4OS. The molecule has 1 atom stereocenters. The lowest BCUT2D eigenvalue weighted by Gasteiger charge is -2.11. The number of aromatic nitrogens is 2. The van der Waals surface area contributed by atoms with E-state index in [2.05, 4.69) is 20.0 Å². The van der Waals surface area contributed by atoms with Crippen molar-refractivity contribution in [1.82, 2.24) is 14.7 Å². The van der Waals surface area contributed by atoms with Crippen molar-refractivity contribution in [3.8, 4) is 0 Å². The summed E-state index contributed by atoms with van der Waals surface area (Å²) in [5.41, 5.74) is 0. The number of carbonyl (C=O) groups excluding carboxylic acids is 1. The van der Waals surface area contributed by atoms with Crippen LogP contribution in [0.1, 0.15) is 20.3 Å². The third kappa shape index (κ3) is 3.29. The smallest absolute Gasteiger partial charge is 0.242 e. The van der Waals surface area contributed by atoms with Crippen molar-refractivity contribution in [2.24, 2.45) is 0 Å². The molecule has 0 radical (unpaired) electrons. The van der Waals surface area contributed by atoms with Gasteiger partial charge in [-0.25, -0.2) is 4.98 Å². The molecule has 0 bridgehead atoms. The Morgan fingerprint density at radius 2 is 2.50 bits per heavy atom. The van der Waals surface area contributed by atoms with Crippen LogP contribution in [0.3, 0.4) is 0 Å². The maximum absolute atomic E-state index is 11.4. The van der Waals surface area contributed by atoms with E-state index in [0.717, 1.165) is 6.42 Å². The summed E-state index contributed by atoms with van der Waals surface area (Å²) >= 11 is 1.24. The molecule has 1 unspecified atom stereocenters. The van der Waals surface area contributed by atoms with Crippen LogP contribution in [0, 0.1) is 0 Å². The molecule has 6 heteroatoms. The monoisotopic (exact) mass is 214 g/mol. The van der Waals surface area contributed by atoms with Gasteiger partial charge in [0.2, 0.25) is 11.0 Å². The van der Waals surface area contributed by atoms with Gasteiger partial charge >= 0.3 is 0 Å². The van der Waals surface area contributed by atoms with Crippen LogP contribution >= 0.6 is 11.5 Å². The van der Waals surface area contributed by atoms with Crippen molar-refractivity contribution in [1.29, 1.82) is 0 Å². The topological polar surface area (TPSA) is 66.9 Å². The van der Waals surface area contributed by atoms with Gasteiger partial charge in [-0.05, 0) is 13.3 Å². The first-order chi connectivity index (χ1) is 6.74. The molecule has 78 valence electrons. The lowest BCUT2D eigenvalue weighted by Crippen LogP contribution is -2.37. The van der Waals surface area contributed by atoms with E-state index in [4.69, 9.17) is 0 Å². The van der Waals surface area contributed by atoms with E-state index >= 15 is 0 Å². The SMILES string of the molecule is CCCNC(=O)C(C)Nc1ncns1. The fourth-order valence-electron chi connectivity index (χ4n) is 0.889. The summed E-state index contributed by atoms with van der Waals surface area (Å²) in [5, 5.41) is 6.43. The molecule has 0 aliphatic heterocycles. The molecule has 1 aromatic rings. The van der Waals surface area contributed by atoms with Gasteiger partial charge < -0.3 is 10.6 Å². The third-order valence-electron chi connectivity index (χ3n) is 1.64. The lowest BCUT2D eigenvalue weighted by molar-refractivity contribution is -0.121. The van der Waals surface area contributed by atoms with Gasteiger partial charge in [-0.15, -0.1) is 0 Å². The highest BCUT2D eigenvalue weighted by Gasteiger charge is 2.12. The average molecular weight is 214 g/mol. The molecule has 0 aliphatic rings. The Kier molecular flexibility index (Phi) is 4.31. The molecular weight excluding hydrogens is 200 g/mol. The largest absolute Gasteiger partial charge is 0.354 e. The summed E-state index contributed by atoms with van der Waals surface area (Å²) in [6, 6.07) is -0.269. The highest BCUT2D eigenvalue weighted by molar-refractivity contribution is 7.09. The lowest BCUT2D eigenvalue weighted by atomic mass is 10.3. The van der Waals surface area contributed by atoms with Crippen LogP contribution in [-0.2, 0) is 4.79 Å². The zero-order valence-electron chi connectivity index (χ0n) is 8.28. The van der Waals surface area contributed by atoms with Crippen LogP contribution in [0.25, 0.3) is 0 Å². The molecule has 0 spiro atoms. The number of hydrogen-bond donors (Lipinski definition) is 2. The predicted molar refractivity (Wildman–Crippen MR) is 56.3 cm³/mol. The molecule has 14 heavy (non-hydrogen) atoms. The van der Waals surface area contributed by atoms with Crippen LogP contribution in [0.5, 0.6) is 0 Å². The highest BCUT2D eigenvalue weighted by Crippen LogP contribution is 2.07. The van der Waals surface area contributed by atoms with E-state index < -0.39 is 0 Å². The van der Waals surface area contributed by atoms with Crippen LogP contribution in [0.15, 0.2) is 6.33 Å². The second kappa shape index (κ2) is 5.54. The number of rotatable bonds is 5. The van der Waals surface area contributed by atoms with Crippen molar-refractivity contribution in [3.63, 3.8) is 0 Å². The van der Waals surface area contributed by atoms with Crippen LogP contribution < -0.4 is 10.6 Å². The van der Waals surface area contributed by atoms with Gasteiger partial charge in [-0.1, -0.05) is 6.92 Å². The summed E-state index contributed by atoms with van der Waals surface area (Å²) in [6.07, 6.45) is 2.40. The quantitative estimate of drug-likeness (QED) is 0.763. The van der Waals surface area contributed by atoms with Crippen molar-refractivity contribution < 1.29 is 4.79 Å². The zero-order chi connectivity index (χ0) is 10.4. The van der Waals surface area contributed by atoms with Crippen molar-refractivity contribution in [2.75, 3.05) is 11.9 Å². The van der Waals surface area contributed by atoms with Crippen molar-refractivity contribution in [2.45, 2.75) is 26.3 Å². The number of hydrogen-bond acceptors (Lipinski definition) is 5. The first-order valence-electron chi connectivity index (χ1n) is 4.55. The standard InChI is InChI=1S/C8H14N4OS/c1-3-4-9-7(13)6(2)12-8-10-5-11-14-8/h5-6H,3-4H2,1-2H3,(H,9,13)(H,10,11,12). The second-order valence-electron chi connectivity index (χ2n) is 2.90. The van der Waals surface area contributed by atoms with E-state index in [1.807, 2.05) is 6.92 Å². The zero-order valence-corrected chi connectivity index (χ0v) is 9.10. The molecule has 0 aromatic carbocycles. The second-order valence-corrected chi connectivity index (χ2v) is 3.68. The third-order valence-corrected chi connectivity index (χ3v) is 2.24. The van der Waals surface area contributed by atoms with E-state index in [-0.39, 0.29) is 11.9 Å². The number of nitrogens with zero attached hydrogens (tertiary/aromatic N) is 2. The molecule has 1 aromatic heterocycles. The number of amides is 1.